The van der Waals surface area contributed by atoms with Gasteiger partial charge < -0.3 is 14.6 Å². The van der Waals surface area contributed by atoms with Crippen molar-refractivity contribution >= 4 is 22.0 Å². The molecule has 0 fully saturated rings. The Morgan fingerprint density at radius 2 is 1.60 bits per heavy atom. The van der Waals surface area contributed by atoms with E-state index in [0.29, 0.717) is 17.7 Å². The quantitative estimate of drug-likeness (QED) is 0.182. The molecule has 5 rings (SSSR count). The van der Waals surface area contributed by atoms with E-state index in [1.807, 2.05) is 73.7 Å². The zero-order valence-corrected chi connectivity index (χ0v) is 24.3. The smallest absolute Gasteiger partial charge is 0.299 e. The molecule has 0 radical (unpaired) electrons. The van der Waals surface area contributed by atoms with Gasteiger partial charge in [-0.3, -0.25) is 4.31 Å². The minimum Gasteiger partial charge on any atom is -0.512 e. The van der Waals surface area contributed by atoms with Crippen LogP contribution in [0, 0.1) is 0 Å². The first-order valence-electron chi connectivity index (χ1n) is 13.8. The third kappa shape index (κ3) is 5.45. The van der Waals surface area contributed by atoms with Crippen LogP contribution < -0.4 is 4.31 Å². The van der Waals surface area contributed by atoms with Crippen molar-refractivity contribution in [1.29, 1.82) is 0 Å². The van der Waals surface area contributed by atoms with E-state index in [2.05, 4.69) is 9.97 Å². The molecule has 0 saturated heterocycles. The zero-order chi connectivity index (χ0) is 29.7. The van der Waals surface area contributed by atoms with Gasteiger partial charge in [-0.2, -0.15) is 8.42 Å². The Balaban J connectivity index is 1.58. The standard InChI is InChI=1S/C33H33N3O5S/c1-3-28(24-12-10-17-27(22-24)36(2)42(39,40)32-34-19-11-20-35-32)31-29(38)23-33(41-30(31)18-21-37,25-13-6-4-7-14-25)26-15-8-5-9-16-26/h4-17,19-22,28,30,38H,3,18,23H2,1-2H3. The highest BCUT2D eigenvalue weighted by Gasteiger charge is 2.46. The molecule has 1 aromatic heterocycles. The number of hydrogen-bond donors (Lipinski definition) is 1. The Morgan fingerprint density at radius 1 is 0.976 bits per heavy atom. The first kappa shape index (κ1) is 29.2. The number of benzene rings is 3. The van der Waals surface area contributed by atoms with E-state index in [1.54, 1.807) is 24.3 Å². The molecule has 1 N–H and O–H groups in total. The van der Waals surface area contributed by atoms with Crippen LogP contribution in [0.2, 0.25) is 0 Å². The van der Waals surface area contributed by atoms with Gasteiger partial charge in [0.05, 0.1) is 17.6 Å². The molecule has 4 aromatic rings. The normalized spacial score (nSPS) is 17.4. The molecule has 8 nitrogen and oxygen atoms in total. The third-order valence-electron chi connectivity index (χ3n) is 7.78. The van der Waals surface area contributed by atoms with E-state index < -0.39 is 21.7 Å². The van der Waals surface area contributed by atoms with E-state index >= 15 is 0 Å². The third-order valence-corrected chi connectivity index (χ3v) is 9.39. The Morgan fingerprint density at radius 3 is 2.17 bits per heavy atom. The first-order chi connectivity index (χ1) is 20.3. The maximum Gasteiger partial charge on any atom is 0.299 e. The number of aromatic nitrogens is 2. The molecule has 1 aliphatic heterocycles. The minimum absolute atomic E-state index is 0.0522. The summed E-state index contributed by atoms with van der Waals surface area (Å²) in [7, 11) is -2.54. The van der Waals surface area contributed by atoms with Gasteiger partial charge in [0.15, 0.2) is 0 Å². The lowest BCUT2D eigenvalue weighted by molar-refractivity contribution is -0.116. The summed E-state index contributed by atoms with van der Waals surface area (Å²) in [4.78, 5) is 19.8. The van der Waals surface area contributed by atoms with Gasteiger partial charge in [0.1, 0.15) is 11.9 Å². The minimum atomic E-state index is -3.99. The number of aliphatic hydroxyl groups excluding tert-OH is 1. The molecule has 0 aliphatic carbocycles. The van der Waals surface area contributed by atoms with Crippen molar-refractivity contribution in [3.8, 4) is 0 Å². The molecule has 0 spiro atoms. The summed E-state index contributed by atoms with van der Waals surface area (Å²) in [6, 6.07) is 28.2. The van der Waals surface area contributed by atoms with Crippen LogP contribution in [-0.4, -0.2) is 42.9 Å². The van der Waals surface area contributed by atoms with Crippen LogP contribution in [0.15, 0.2) is 120 Å². The van der Waals surface area contributed by atoms with Crippen molar-refractivity contribution in [3.05, 3.63) is 131 Å². The van der Waals surface area contributed by atoms with Crippen molar-refractivity contribution in [2.24, 2.45) is 0 Å². The summed E-state index contributed by atoms with van der Waals surface area (Å²) in [5.74, 6) is -0.166. The number of rotatable bonds is 10. The van der Waals surface area contributed by atoms with Crippen molar-refractivity contribution in [2.75, 3.05) is 11.4 Å². The predicted molar refractivity (Wildman–Crippen MR) is 161 cm³/mol. The Kier molecular flexibility index (Phi) is 8.51. The number of aliphatic hydroxyl groups is 1. The summed E-state index contributed by atoms with van der Waals surface area (Å²) >= 11 is 0. The number of aldehydes is 1. The molecule has 1 aliphatic rings. The van der Waals surface area contributed by atoms with E-state index in [0.717, 1.165) is 27.3 Å². The van der Waals surface area contributed by atoms with Crippen molar-refractivity contribution < 1.29 is 23.1 Å². The van der Waals surface area contributed by atoms with Gasteiger partial charge in [0.2, 0.25) is 0 Å². The highest BCUT2D eigenvalue weighted by atomic mass is 32.2. The second kappa shape index (κ2) is 12.3. The van der Waals surface area contributed by atoms with E-state index in [1.165, 1.54) is 19.4 Å². The highest BCUT2D eigenvalue weighted by Crippen LogP contribution is 2.49. The van der Waals surface area contributed by atoms with Crippen LogP contribution >= 0.6 is 0 Å². The highest BCUT2D eigenvalue weighted by molar-refractivity contribution is 7.92. The average molecular weight is 584 g/mol. The predicted octanol–water partition coefficient (Wildman–Crippen LogP) is 5.93. The molecule has 216 valence electrons. The molecular formula is C33H33N3O5S. The first-order valence-corrected chi connectivity index (χ1v) is 15.3. The molecule has 2 atom stereocenters. The van der Waals surface area contributed by atoms with E-state index in [-0.39, 0.29) is 29.7 Å². The van der Waals surface area contributed by atoms with Crippen LogP contribution in [0.25, 0.3) is 0 Å². The fourth-order valence-electron chi connectivity index (χ4n) is 5.73. The topological polar surface area (TPSA) is 110 Å². The number of ether oxygens (including phenoxy) is 1. The molecule has 42 heavy (non-hydrogen) atoms. The number of sulfonamides is 1. The SMILES string of the molecule is CCC(C1=C(O)CC(c2ccccc2)(c2ccccc2)OC1CC=O)c1cccc(N(C)S(=O)(=O)c2ncccn2)c1. The van der Waals surface area contributed by atoms with Crippen molar-refractivity contribution in [3.63, 3.8) is 0 Å². The number of carbonyl (C=O) groups excluding carboxylic acids is 1. The van der Waals surface area contributed by atoms with Gasteiger partial charge in [0, 0.05) is 43.8 Å². The molecule has 9 heteroatoms. The van der Waals surface area contributed by atoms with E-state index in [4.69, 9.17) is 4.74 Å². The number of nitrogens with zero attached hydrogens (tertiary/aromatic N) is 3. The molecular weight excluding hydrogens is 550 g/mol. The van der Waals surface area contributed by atoms with Crippen LogP contribution in [0.3, 0.4) is 0 Å². The van der Waals surface area contributed by atoms with E-state index in [9.17, 15) is 18.3 Å². The van der Waals surface area contributed by atoms with Crippen LogP contribution in [0.1, 0.15) is 48.8 Å². The number of anilines is 1. The van der Waals surface area contributed by atoms with Crippen LogP contribution in [-0.2, 0) is 25.2 Å². The van der Waals surface area contributed by atoms with Crippen molar-refractivity contribution in [2.45, 2.75) is 49.0 Å². The fourth-order valence-corrected chi connectivity index (χ4v) is 6.76. The van der Waals surface area contributed by atoms with Gasteiger partial charge >= 0.3 is 0 Å². The monoisotopic (exact) mass is 583 g/mol. The number of hydrogen-bond acceptors (Lipinski definition) is 7. The second-order valence-corrected chi connectivity index (χ2v) is 12.1. The van der Waals surface area contributed by atoms with Gasteiger partial charge in [-0.1, -0.05) is 79.7 Å². The van der Waals surface area contributed by atoms with Gasteiger partial charge in [-0.25, -0.2) is 9.97 Å². The van der Waals surface area contributed by atoms with Crippen molar-refractivity contribution in [1.82, 2.24) is 9.97 Å². The summed E-state index contributed by atoms with van der Waals surface area (Å²) < 4.78 is 34.4. The van der Waals surface area contributed by atoms with Gasteiger partial charge in [-0.15, -0.1) is 0 Å². The summed E-state index contributed by atoms with van der Waals surface area (Å²) in [5.41, 5.74) is 2.60. The second-order valence-electron chi connectivity index (χ2n) is 10.2. The lowest BCUT2D eigenvalue weighted by Crippen LogP contribution is -2.42. The molecule has 0 saturated carbocycles. The molecule has 2 heterocycles. The summed E-state index contributed by atoms with van der Waals surface area (Å²) in [5, 5.41) is 11.5. The van der Waals surface area contributed by atoms with Crippen LogP contribution in [0.4, 0.5) is 5.69 Å². The zero-order valence-electron chi connectivity index (χ0n) is 23.5. The number of carbonyl (C=O) groups is 1. The lowest BCUT2D eigenvalue weighted by Gasteiger charge is -2.44. The maximum atomic E-state index is 13.2. The molecule has 0 amide bonds. The largest absolute Gasteiger partial charge is 0.512 e. The molecule has 3 aromatic carbocycles. The lowest BCUT2D eigenvalue weighted by atomic mass is 9.75. The molecule has 0 bridgehead atoms. The maximum absolute atomic E-state index is 13.2. The summed E-state index contributed by atoms with van der Waals surface area (Å²) in [6.45, 7) is 1.99. The molecule has 2 unspecified atom stereocenters. The summed E-state index contributed by atoms with van der Waals surface area (Å²) in [6.07, 6.45) is 3.69. The Hall–Kier alpha value is -4.34. The van der Waals surface area contributed by atoms with Crippen LogP contribution in [0.5, 0.6) is 0 Å². The van der Waals surface area contributed by atoms with Gasteiger partial charge in [-0.05, 0) is 41.3 Å². The average Bonchev–Trinajstić information content (AvgIpc) is 3.03. The van der Waals surface area contributed by atoms with Gasteiger partial charge in [0.25, 0.3) is 15.2 Å². The fraction of sp³-hybridized carbons (Fsp3) is 0.242. The Bertz CT molecular complexity index is 1620. The Labute approximate surface area is 246 Å².